The van der Waals surface area contributed by atoms with Crippen LogP contribution in [0.1, 0.15) is 55.6 Å². The third kappa shape index (κ3) is 4.41. The Hall–Kier alpha value is -0.900. The molecule has 2 rings (SSSR count). The predicted octanol–water partition coefficient (Wildman–Crippen LogP) is 3.67. The van der Waals surface area contributed by atoms with Crippen molar-refractivity contribution in [3.63, 3.8) is 0 Å². The number of nitrogens with zero attached hydrogens (tertiary/aromatic N) is 1. The lowest BCUT2D eigenvalue weighted by Crippen LogP contribution is -2.09. The molecule has 1 N–H and O–H groups in total. The molecule has 0 saturated heterocycles. The molecule has 18 heavy (non-hydrogen) atoms. The number of carbonyl (C=O) groups is 1. The number of carboxylic acids is 1. The van der Waals surface area contributed by atoms with Gasteiger partial charge in [-0.25, -0.2) is 4.98 Å². The van der Waals surface area contributed by atoms with E-state index in [4.69, 9.17) is 5.11 Å². The third-order valence-electron chi connectivity index (χ3n) is 3.61. The maximum absolute atomic E-state index is 10.4. The Balaban J connectivity index is 1.76. The molecule has 4 heteroatoms. The zero-order valence-corrected chi connectivity index (χ0v) is 11.5. The minimum absolute atomic E-state index is 0.246. The van der Waals surface area contributed by atoms with Gasteiger partial charge in [-0.15, -0.1) is 11.3 Å². The molecule has 100 valence electrons. The summed E-state index contributed by atoms with van der Waals surface area (Å²) in [6, 6.07) is 0. The van der Waals surface area contributed by atoms with Gasteiger partial charge in [-0.05, 0) is 18.8 Å². The molecule has 0 spiro atoms. The second kappa shape index (κ2) is 6.88. The molecule has 1 fully saturated rings. The minimum atomic E-state index is -0.715. The zero-order chi connectivity index (χ0) is 12.8. The molecular formula is C14H21NO2S. The topological polar surface area (TPSA) is 50.2 Å². The molecule has 1 aliphatic carbocycles. The van der Waals surface area contributed by atoms with Crippen LogP contribution in [0.4, 0.5) is 0 Å². The van der Waals surface area contributed by atoms with E-state index >= 15 is 0 Å². The molecule has 1 heterocycles. The average Bonchev–Trinajstić information content (AvgIpc) is 2.78. The maximum Gasteiger partial charge on any atom is 0.303 e. The first kappa shape index (κ1) is 13.5. The second-order valence-corrected chi connectivity index (χ2v) is 6.13. The largest absolute Gasteiger partial charge is 0.481 e. The van der Waals surface area contributed by atoms with Crippen molar-refractivity contribution >= 4 is 17.3 Å². The molecule has 0 unspecified atom stereocenters. The molecule has 0 amide bonds. The van der Waals surface area contributed by atoms with Crippen molar-refractivity contribution in [1.29, 1.82) is 0 Å². The highest BCUT2D eigenvalue weighted by Gasteiger charge is 2.15. The molecule has 0 atom stereocenters. The summed E-state index contributed by atoms with van der Waals surface area (Å²) in [5.74, 6) is 0.115. The Morgan fingerprint density at radius 2 is 2.17 bits per heavy atom. The fourth-order valence-electron chi connectivity index (χ4n) is 2.62. The smallest absolute Gasteiger partial charge is 0.303 e. The summed E-state index contributed by atoms with van der Waals surface area (Å²) in [5, 5.41) is 11.9. The lowest BCUT2D eigenvalue weighted by molar-refractivity contribution is -0.137. The number of thiazole rings is 1. The summed E-state index contributed by atoms with van der Waals surface area (Å²) in [6.07, 6.45) is 9.73. The van der Waals surface area contributed by atoms with Crippen LogP contribution in [0.2, 0.25) is 0 Å². The fraction of sp³-hybridized carbons (Fsp3) is 0.714. The molecule has 1 aliphatic rings. The van der Waals surface area contributed by atoms with E-state index in [1.54, 1.807) is 11.3 Å². The second-order valence-electron chi connectivity index (χ2n) is 5.19. The maximum atomic E-state index is 10.4. The van der Waals surface area contributed by atoms with Crippen LogP contribution >= 0.6 is 11.3 Å². The quantitative estimate of drug-likeness (QED) is 0.855. The van der Waals surface area contributed by atoms with E-state index in [1.807, 2.05) is 0 Å². The van der Waals surface area contributed by atoms with Crippen molar-refractivity contribution < 1.29 is 9.90 Å². The highest BCUT2D eigenvalue weighted by Crippen LogP contribution is 2.27. The van der Waals surface area contributed by atoms with Gasteiger partial charge in [0.1, 0.15) is 0 Å². The van der Waals surface area contributed by atoms with Gasteiger partial charge in [-0.2, -0.15) is 0 Å². The zero-order valence-electron chi connectivity index (χ0n) is 10.7. The highest BCUT2D eigenvalue weighted by molar-refractivity contribution is 7.09. The summed E-state index contributed by atoms with van der Waals surface area (Å²) >= 11 is 1.74. The summed E-state index contributed by atoms with van der Waals surface area (Å²) in [5.41, 5.74) is 1.08. The molecule has 3 nitrogen and oxygen atoms in total. The molecule has 0 bridgehead atoms. The van der Waals surface area contributed by atoms with Crippen LogP contribution in [-0.2, 0) is 17.6 Å². The van der Waals surface area contributed by atoms with Crippen LogP contribution in [0.25, 0.3) is 0 Å². The number of hydrogen-bond donors (Lipinski definition) is 1. The Morgan fingerprint density at radius 3 is 2.89 bits per heavy atom. The number of hydrogen-bond acceptors (Lipinski definition) is 3. The lowest BCUT2D eigenvalue weighted by Gasteiger charge is -2.20. The van der Waals surface area contributed by atoms with Crippen LogP contribution in [0.3, 0.4) is 0 Å². The summed E-state index contributed by atoms with van der Waals surface area (Å²) in [4.78, 5) is 15.1. The van der Waals surface area contributed by atoms with Gasteiger partial charge >= 0.3 is 5.97 Å². The number of rotatable bonds is 6. The monoisotopic (exact) mass is 267 g/mol. The van der Waals surface area contributed by atoms with Crippen LogP contribution < -0.4 is 0 Å². The van der Waals surface area contributed by atoms with E-state index in [2.05, 4.69) is 10.4 Å². The van der Waals surface area contributed by atoms with E-state index in [1.165, 1.54) is 37.1 Å². The van der Waals surface area contributed by atoms with E-state index < -0.39 is 5.97 Å². The van der Waals surface area contributed by atoms with Crippen molar-refractivity contribution in [3.05, 3.63) is 16.1 Å². The minimum Gasteiger partial charge on any atom is -0.481 e. The Kier molecular flexibility index (Phi) is 5.17. The van der Waals surface area contributed by atoms with Gasteiger partial charge in [-0.1, -0.05) is 32.1 Å². The lowest BCUT2D eigenvalue weighted by atomic mass is 9.87. The van der Waals surface area contributed by atoms with Crippen LogP contribution in [-0.4, -0.2) is 16.1 Å². The average molecular weight is 267 g/mol. The van der Waals surface area contributed by atoms with E-state index in [0.29, 0.717) is 6.42 Å². The molecule has 1 saturated carbocycles. The van der Waals surface area contributed by atoms with Gasteiger partial charge in [-0.3, -0.25) is 4.79 Å². The Morgan fingerprint density at radius 1 is 1.39 bits per heavy atom. The van der Waals surface area contributed by atoms with Crippen LogP contribution in [0.5, 0.6) is 0 Å². The standard InChI is InChI=1S/C14H21NO2S/c16-14(17)8-4-7-12-10-18-13(15-12)9-11-5-2-1-3-6-11/h10-11H,1-9H2,(H,16,17). The van der Waals surface area contributed by atoms with Crippen molar-refractivity contribution in [3.8, 4) is 0 Å². The summed E-state index contributed by atoms with van der Waals surface area (Å²) in [6.45, 7) is 0. The molecule has 0 aromatic carbocycles. The first-order chi connectivity index (χ1) is 8.74. The summed E-state index contributed by atoms with van der Waals surface area (Å²) < 4.78 is 0. The molecule has 0 radical (unpaired) electrons. The van der Waals surface area contributed by atoms with E-state index in [-0.39, 0.29) is 6.42 Å². The Bertz CT molecular complexity index is 383. The van der Waals surface area contributed by atoms with Crippen LogP contribution in [0, 0.1) is 5.92 Å². The molecule has 1 aromatic rings. The molecular weight excluding hydrogens is 246 g/mol. The van der Waals surface area contributed by atoms with Gasteiger partial charge in [0, 0.05) is 18.2 Å². The molecule has 0 aliphatic heterocycles. The number of aryl methyl sites for hydroxylation is 1. The number of aromatic nitrogens is 1. The van der Waals surface area contributed by atoms with Crippen molar-refractivity contribution in [2.24, 2.45) is 5.92 Å². The van der Waals surface area contributed by atoms with Crippen LogP contribution in [0.15, 0.2) is 5.38 Å². The van der Waals surface area contributed by atoms with E-state index in [9.17, 15) is 4.79 Å². The van der Waals surface area contributed by atoms with Gasteiger partial charge in [0.15, 0.2) is 0 Å². The summed E-state index contributed by atoms with van der Waals surface area (Å²) in [7, 11) is 0. The van der Waals surface area contributed by atoms with Crippen molar-refractivity contribution in [2.75, 3.05) is 0 Å². The van der Waals surface area contributed by atoms with Gasteiger partial charge in [0.2, 0.25) is 0 Å². The number of aliphatic carboxylic acids is 1. The van der Waals surface area contributed by atoms with Gasteiger partial charge in [0.25, 0.3) is 0 Å². The van der Waals surface area contributed by atoms with Gasteiger partial charge < -0.3 is 5.11 Å². The first-order valence-corrected chi connectivity index (χ1v) is 7.77. The highest BCUT2D eigenvalue weighted by atomic mass is 32.1. The normalized spacial score (nSPS) is 16.9. The van der Waals surface area contributed by atoms with Gasteiger partial charge in [0.05, 0.1) is 10.7 Å². The van der Waals surface area contributed by atoms with Crippen molar-refractivity contribution in [2.45, 2.75) is 57.8 Å². The fourth-order valence-corrected chi connectivity index (χ4v) is 3.56. The van der Waals surface area contributed by atoms with E-state index in [0.717, 1.165) is 24.5 Å². The first-order valence-electron chi connectivity index (χ1n) is 6.89. The SMILES string of the molecule is O=C(O)CCCc1csc(CC2CCCCC2)n1. The Labute approximate surface area is 112 Å². The molecule has 1 aromatic heterocycles. The number of carboxylic acid groups (broad SMARTS) is 1. The predicted molar refractivity (Wildman–Crippen MR) is 73.0 cm³/mol. The third-order valence-corrected chi connectivity index (χ3v) is 4.53. The van der Waals surface area contributed by atoms with Crippen molar-refractivity contribution in [1.82, 2.24) is 4.98 Å².